The van der Waals surface area contributed by atoms with Crippen LogP contribution in [0.4, 0.5) is 18.0 Å². The summed E-state index contributed by atoms with van der Waals surface area (Å²) in [6.07, 6.45) is -1.33. The minimum absolute atomic E-state index is 0.0412. The van der Waals surface area contributed by atoms with E-state index in [4.69, 9.17) is 18.7 Å². The van der Waals surface area contributed by atoms with Crippen molar-refractivity contribution < 1.29 is 36.7 Å². The van der Waals surface area contributed by atoms with Crippen LogP contribution in [0.25, 0.3) is 11.6 Å². The molecular formula is C35H44F3N7O5. The van der Waals surface area contributed by atoms with Crippen molar-refractivity contribution in [2.45, 2.75) is 122 Å². The van der Waals surface area contributed by atoms with E-state index in [9.17, 15) is 23.2 Å². The molecule has 2 saturated heterocycles. The van der Waals surface area contributed by atoms with Gasteiger partial charge in [-0.1, -0.05) is 11.2 Å². The average molecular weight is 700 g/mol. The molecule has 0 N–H and O–H groups in total. The quantitative estimate of drug-likeness (QED) is 0.246. The predicted molar refractivity (Wildman–Crippen MR) is 175 cm³/mol. The first-order valence-electron chi connectivity index (χ1n) is 16.7. The Labute approximate surface area is 289 Å². The molecule has 0 saturated carbocycles. The number of rotatable bonds is 9. The van der Waals surface area contributed by atoms with Crippen molar-refractivity contribution >= 4 is 6.09 Å². The van der Waals surface area contributed by atoms with Gasteiger partial charge in [-0.3, -0.25) is 4.90 Å². The number of hydrogen-bond acceptors (Lipinski definition) is 11. The molecular weight excluding hydrogens is 655 g/mol. The Balaban J connectivity index is 1.46. The maximum Gasteiger partial charge on any atom is 0.410 e. The molecule has 2 fully saturated rings. The van der Waals surface area contributed by atoms with Crippen LogP contribution in [0.3, 0.4) is 0 Å². The van der Waals surface area contributed by atoms with Crippen LogP contribution >= 0.6 is 0 Å². The summed E-state index contributed by atoms with van der Waals surface area (Å²) in [5.41, 5.74) is -2.30. The Morgan fingerprint density at radius 3 is 2.38 bits per heavy atom. The van der Waals surface area contributed by atoms with E-state index in [0.29, 0.717) is 19.3 Å². The number of amides is 1. The number of carbonyl (C=O) groups excluding carboxylic acids is 1. The van der Waals surface area contributed by atoms with Gasteiger partial charge < -0.3 is 23.6 Å². The minimum atomic E-state index is -1.35. The van der Waals surface area contributed by atoms with E-state index in [2.05, 4.69) is 26.2 Å². The van der Waals surface area contributed by atoms with Crippen molar-refractivity contribution in [3.05, 3.63) is 47.4 Å². The molecule has 3 aromatic rings. The Hall–Kier alpha value is -4.45. The second-order valence-corrected chi connectivity index (χ2v) is 14.6. The van der Waals surface area contributed by atoms with Gasteiger partial charge in [0.25, 0.3) is 0 Å². The number of likely N-dealkylation sites (N-methyl/N-ethyl adjacent to an activating group) is 1. The third-order valence-electron chi connectivity index (χ3n) is 9.05. The van der Waals surface area contributed by atoms with E-state index in [1.54, 1.807) is 39.5 Å². The van der Waals surface area contributed by atoms with Gasteiger partial charge in [-0.25, -0.2) is 18.0 Å². The van der Waals surface area contributed by atoms with Gasteiger partial charge in [0.1, 0.15) is 35.6 Å². The molecule has 0 unspecified atom stereocenters. The summed E-state index contributed by atoms with van der Waals surface area (Å²) < 4.78 is 67.5. The molecule has 0 spiro atoms. The maximum absolute atomic E-state index is 14.8. The molecule has 4 heterocycles. The van der Waals surface area contributed by atoms with Gasteiger partial charge in [0.15, 0.2) is 0 Å². The largest absolute Gasteiger partial charge is 0.474 e. The average Bonchev–Trinajstić information content (AvgIpc) is 3.63. The maximum atomic E-state index is 14.8. The van der Waals surface area contributed by atoms with Crippen LogP contribution in [0.15, 0.2) is 28.8 Å². The van der Waals surface area contributed by atoms with Crippen LogP contribution in [0.2, 0.25) is 0 Å². The normalized spacial score (nSPS) is 23.7. The first-order valence-corrected chi connectivity index (χ1v) is 16.7. The van der Waals surface area contributed by atoms with Crippen LogP contribution in [-0.2, 0) is 10.2 Å². The zero-order chi connectivity index (χ0) is 36.5. The van der Waals surface area contributed by atoms with Crippen molar-refractivity contribution in [2.75, 3.05) is 13.6 Å². The van der Waals surface area contributed by atoms with E-state index >= 15 is 0 Å². The lowest BCUT2D eigenvalue weighted by molar-refractivity contribution is -0.0212. The van der Waals surface area contributed by atoms with Crippen molar-refractivity contribution in [2.24, 2.45) is 0 Å². The van der Waals surface area contributed by atoms with Gasteiger partial charge in [0.2, 0.25) is 29.3 Å². The molecule has 15 heteroatoms. The summed E-state index contributed by atoms with van der Waals surface area (Å²) in [6.45, 7) is 12.4. The van der Waals surface area contributed by atoms with Crippen molar-refractivity contribution in [3.63, 3.8) is 0 Å². The number of piperidine rings is 1. The number of nitriles is 1. The Morgan fingerprint density at radius 1 is 1.08 bits per heavy atom. The lowest BCUT2D eigenvalue weighted by Crippen LogP contribution is -2.54. The van der Waals surface area contributed by atoms with Gasteiger partial charge in [0.05, 0.1) is 30.0 Å². The first-order chi connectivity index (χ1) is 23.5. The smallest absolute Gasteiger partial charge is 0.410 e. The zero-order valence-electron chi connectivity index (χ0n) is 29.6. The van der Waals surface area contributed by atoms with Crippen molar-refractivity contribution in [1.29, 1.82) is 5.26 Å². The Kier molecular flexibility index (Phi) is 10.6. The molecule has 12 nitrogen and oxygen atoms in total. The number of nitrogens with zero attached hydrogens (tertiary/aromatic N) is 7. The summed E-state index contributed by atoms with van der Waals surface area (Å²) in [4.78, 5) is 30.1. The highest BCUT2D eigenvalue weighted by molar-refractivity contribution is 5.69. The second-order valence-electron chi connectivity index (χ2n) is 14.6. The number of ether oxygens (including phenoxy) is 3. The van der Waals surface area contributed by atoms with Gasteiger partial charge in [-0.2, -0.15) is 20.2 Å². The monoisotopic (exact) mass is 699 g/mol. The van der Waals surface area contributed by atoms with Crippen LogP contribution < -0.4 is 9.47 Å². The molecule has 0 bridgehead atoms. The highest BCUT2D eigenvalue weighted by Gasteiger charge is 2.40. The minimum Gasteiger partial charge on any atom is -0.474 e. The molecule has 6 atom stereocenters. The molecule has 5 rings (SSSR count). The third-order valence-corrected chi connectivity index (χ3v) is 9.05. The van der Waals surface area contributed by atoms with Gasteiger partial charge in [-0.05, 0) is 74.1 Å². The standard InChI is InChI=1S/C35H44F3N7O5/c1-19-14-23(16-22(12-13-39)45(19)33(46)49-34(3,4)5)48-28-17-27(47-20(2)26-15-21(36)18-44(26)8)40-30(41-28)31-42-32(50-43-31)35(6,7)29-24(37)10-9-11-25(29)38/h9-11,17,19-23,26H,12,14-16,18H2,1-8H3/t19-,20+,21-,22-,23+,26+/m1/s1. The number of halogens is 3. The number of carbonyl (C=O) groups is 1. The molecule has 2 aliphatic heterocycles. The number of likely N-dealkylation sites (tertiary alicyclic amines) is 2. The fraction of sp³-hybridized carbons (Fsp3) is 0.600. The highest BCUT2D eigenvalue weighted by Crippen LogP contribution is 2.36. The van der Waals surface area contributed by atoms with E-state index in [1.807, 2.05) is 25.8 Å². The van der Waals surface area contributed by atoms with Gasteiger partial charge >= 0.3 is 6.09 Å². The number of benzene rings is 1. The molecule has 270 valence electrons. The number of alkyl halides is 1. The second kappa shape index (κ2) is 14.4. The van der Waals surface area contributed by atoms with Crippen LogP contribution in [-0.4, -0.2) is 91.7 Å². The van der Waals surface area contributed by atoms with Crippen LogP contribution in [0.5, 0.6) is 11.8 Å². The van der Waals surface area contributed by atoms with Gasteiger partial charge in [0, 0.05) is 37.0 Å². The molecule has 1 aromatic carbocycles. The fourth-order valence-electron chi connectivity index (χ4n) is 6.74. The molecule has 50 heavy (non-hydrogen) atoms. The fourth-order valence-corrected chi connectivity index (χ4v) is 6.74. The predicted octanol–water partition coefficient (Wildman–Crippen LogP) is 6.39. The molecule has 0 aliphatic carbocycles. The van der Waals surface area contributed by atoms with Crippen molar-refractivity contribution in [1.82, 2.24) is 29.9 Å². The molecule has 2 aliphatic rings. The van der Waals surface area contributed by atoms with Crippen LogP contribution in [0.1, 0.15) is 85.6 Å². The van der Waals surface area contributed by atoms with Crippen molar-refractivity contribution in [3.8, 4) is 29.5 Å². The summed E-state index contributed by atoms with van der Waals surface area (Å²) in [5.74, 6) is -1.52. The molecule has 0 radical (unpaired) electrons. The highest BCUT2D eigenvalue weighted by atomic mass is 19.1. The van der Waals surface area contributed by atoms with Crippen LogP contribution in [0, 0.1) is 23.0 Å². The van der Waals surface area contributed by atoms with E-state index < -0.39 is 53.2 Å². The molecule has 2 aromatic heterocycles. The first kappa shape index (κ1) is 36.8. The third kappa shape index (κ3) is 8.12. The van der Waals surface area contributed by atoms with E-state index in [0.717, 1.165) is 12.1 Å². The molecule has 1 amide bonds. The lowest BCUT2D eigenvalue weighted by Gasteiger charge is -2.43. The summed E-state index contributed by atoms with van der Waals surface area (Å²) >= 11 is 0. The Morgan fingerprint density at radius 2 is 1.76 bits per heavy atom. The van der Waals surface area contributed by atoms with Gasteiger partial charge in [-0.15, -0.1) is 0 Å². The van der Waals surface area contributed by atoms with E-state index in [1.165, 1.54) is 12.1 Å². The number of hydrogen-bond donors (Lipinski definition) is 0. The zero-order valence-corrected chi connectivity index (χ0v) is 29.6. The van der Waals surface area contributed by atoms with E-state index in [-0.39, 0.29) is 59.9 Å². The summed E-state index contributed by atoms with van der Waals surface area (Å²) in [5, 5.41) is 13.6. The summed E-state index contributed by atoms with van der Waals surface area (Å²) in [7, 11) is 1.83. The summed E-state index contributed by atoms with van der Waals surface area (Å²) in [6, 6.07) is 6.22. The number of aromatic nitrogens is 4. The Bertz CT molecular complexity index is 1700. The SMILES string of the molecule is C[C@H](Oc1cc(O[C@@H]2C[C@@H](CC#N)N(C(=O)OC(C)(C)C)[C@H](C)C2)nc(-c2noc(C(C)(C)c3c(F)cccc3F)n2)n1)[C@@H]1C[C@@H](F)CN1C. The lowest BCUT2D eigenvalue weighted by atomic mass is 9.83. The topological polar surface area (TPSA) is 140 Å².